The first-order chi connectivity index (χ1) is 15.2. The molecule has 2 aliphatic rings. The molecule has 1 aromatic carbocycles. The predicted octanol–water partition coefficient (Wildman–Crippen LogP) is 1.52. The van der Waals surface area contributed by atoms with E-state index in [-0.39, 0.29) is 11.5 Å². The lowest BCUT2D eigenvalue weighted by molar-refractivity contribution is 0.0625. The van der Waals surface area contributed by atoms with Gasteiger partial charge in [-0.25, -0.2) is 9.67 Å². The second-order valence-corrected chi connectivity index (χ2v) is 8.26. The van der Waals surface area contributed by atoms with Gasteiger partial charge in [0, 0.05) is 38.8 Å². The van der Waals surface area contributed by atoms with Gasteiger partial charge in [0.05, 0.1) is 29.5 Å². The maximum atomic E-state index is 12.9. The van der Waals surface area contributed by atoms with Crippen LogP contribution in [0.25, 0.3) is 11.0 Å². The normalized spacial score (nSPS) is 17.0. The van der Waals surface area contributed by atoms with Crippen LogP contribution in [0.5, 0.6) is 0 Å². The fourth-order valence-corrected chi connectivity index (χ4v) is 4.39. The second-order valence-electron chi connectivity index (χ2n) is 8.26. The van der Waals surface area contributed by atoms with E-state index in [4.69, 9.17) is 0 Å². The number of benzene rings is 1. The molecule has 1 fully saturated rings. The number of fused-ring (bicyclic) bond motifs is 2. The van der Waals surface area contributed by atoms with E-state index in [0.29, 0.717) is 25.3 Å². The molecule has 5 rings (SSSR count). The van der Waals surface area contributed by atoms with Gasteiger partial charge in [0.1, 0.15) is 5.69 Å². The number of hydrogen-bond donors (Lipinski definition) is 0. The molecule has 0 bridgehead atoms. The summed E-state index contributed by atoms with van der Waals surface area (Å²) < 4.78 is 1.60. The number of carbonyl (C=O) groups is 1. The molecule has 31 heavy (non-hydrogen) atoms. The van der Waals surface area contributed by atoms with Crippen LogP contribution in [0.3, 0.4) is 0 Å². The van der Waals surface area contributed by atoms with Crippen molar-refractivity contribution in [3.05, 3.63) is 63.8 Å². The summed E-state index contributed by atoms with van der Waals surface area (Å²) >= 11 is 0. The topological polar surface area (TPSA) is 84.2 Å². The number of rotatable bonds is 4. The Morgan fingerprint density at radius 1 is 0.968 bits per heavy atom. The molecule has 160 valence electrons. The number of para-hydroxylation sites is 2. The van der Waals surface area contributed by atoms with E-state index in [1.54, 1.807) is 16.9 Å². The zero-order valence-electron chi connectivity index (χ0n) is 17.5. The summed E-state index contributed by atoms with van der Waals surface area (Å²) in [7, 11) is 0. The van der Waals surface area contributed by atoms with E-state index < -0.39 is 0 Å². The highest BCUT2D eigenvalue weighted by Crippen LogP contribution is 2.17. The van der Waals surface area contributed by atoms with E-state index in [1.807, 2.05) is 29.2 Å². The van der Waals surface area contributed by atoms with Gasteiger partial charge < -0.3 is 4.90 Å². The Bertz CT molecular complexity index is 1170. The zero-order chi connectivity index (χ0) is 21.2. The fourth-order valence-electron chi connectivity index (χ4n) is 4.39. The van der Waals surface area contributed by atoms with Gasteiger partial charge in [0.2, 0.25) is 0 Å². The highest BCUT2D eigenvalue weighted by Gasteiger charge is 2.23. The Labute approximate surface area is 180 Å². The third-order valence-electron chi connectivity index (χ3n) is 6.23. The summed E-state index contributed by atoms with van der Waals surface area (Å²) in [5, 5.41) is 4.60. The molecule has 0 radical (unpaired) electrons. The zero-order valence-corrected chi connectivity index (χ0v) is 17.5. The molecule has 8 heteroatoms. The van der Waals surface area contributed by atoms with Gasteiger partial charge in [-0.2, -0.15) is 5.10 Å². The second kappa shape index (κ2) is 8.55. The average Bonchev–Trinajstić information content (AvgIpc) is 2.82. The molecule has 0 N–H and O–H groups in total. The van der Waals surface area contributed by atoms with Crippen LogP contribution < -0.4 is 5.56 Å². The van der Waals surface area contributed by atoms with Crippen molar-refractivity contribution in [2.45, 2.75) is 32.2 Å². The predicted molar refractivity (Wildman–Crippen MR) is 117 cm³/mol. The quantitative estimate of drug-likeness (QED) is 0.639. The highest BCUT2D eigenvalue weighted by molar-refractivity contribution is 5.93. The van der Waals surface area contributed by atoms with Crippen LogP contribution in [0.4, 0.5) is 0 Å². The lowest BCUT2D eigenvalue weighted by Gasteiger charge is -2.34. The van der Waals surface area contributed by atoms with Gasteiger partial charge in [-0.15, -0.1) is 0 Å². The van der Waals surface area contributed by atoms with Crippen LogP contribution in [-0.2, 0) is 19.4 Å². The van der Waals surface area contributed by atoms with E-state index >= 15 is 0 Å². The molecule has 2 aromatic heterocycles. The highest BCUT2D eigenvalue weighted by atomic mass is 16.2. The fraction of sp³-hybridized carbons (Fsp3) is 0.435. The number of aryl methyl sites for hydroxylation is 2. The van der Waals surface area contributed by atoms with Crippen molar-refractivity contribution in [2.24, 2.45) is 0 Å². The van der Waals surface area contributed by atoms with Crippen molar-refractivity contribution >= 4 is 16.9 Å². The van der Waals surface area contributed by atoms with Crippen LogP contribution in [0.1, 0.15) is 34.6 Å². The molecule has 1 amide bonds. The number of amides is 1. The molecular formula is C23H26N6O2. The molecule has 0 unspecified atom stereocenters. The smallest absolute Gasteiger partial charge is 0.274 e. The van der Waals surface area contributed by atoms with Crippen LogP contribution in [0.15, 0.2) is 41.3 Å². The summed E-state index contributed by atoms with van der Waals surface area (Å²) in [6.07, 6.45) is 5.79. The Morgan fingerprint density at radius 3 is 2.58 bits per heavy atom. The Morgan fingerprint density at radius 2 is 1.74 bits per heavy atom. The third kappa shape index (κ3) is 4.20. The van der Waals surface area contributed by atoms with E-state index in [1.165, 1.54) is 0 Å². The Hall–Kier alpha value is -3.13. The maximum absolute atomic E-state index is 12.9. The number of aromatic nitrogens is 4. The molecule has 0 spiro atoms. The van der Waals surface area contributed by atoms with Crippen molar-refractivity contribution in [1.29, 1.82) is 0 Å². The van der Waals surface area contributed by atoms with Crippen LogP contribution in [0.2, 0.25) is 0 Å². The minimum absolute atomic E-state index is 0.00987. The van der Waals surface area contributed by atoms with Gasteiger partial charge in [-0.1, -0.05) is 12.1 Å². The summed E-state index contributed by atoms with van der Waals surface area (Å²) in [4.78, 5) is 38.2. The standard InChI is InChI=1S/C23H26N6O2/c30-22-15-17-5-1-2-6-18(17)26-29(22)14-11-27-9-12-28(13-10-27)23(31)21-16-24-19-7-3-4-8-20(19)25-21/h3-4,7-8,15-16H,1-2,5-6,9-14H2. The van der Waals surface area contributed by atoms with Gasteiger partial charge in [-0.05, 0) is 43.4 Å². The summed E-state index contributed by atoms with van der Waals surface area (Å²) in [6, 6.07) is 9.33. The molecule has 0 atom stereocenters. The monoisotopic (exact) mass is 418 g/mol. The molecular weight excluding hydrogens is 392 g/mol. The van der Waals surface area contributed by atoms with Crippen molar-refractivity contribution in [2.75, 3.05) is 32.7 Å². The van der Waals surface area contributed by atoms with Crippen LogP contribution >= 0.6 is 0 Å². The van der Waals surface area contributed by atoms with Crippen molar-refractivity contribution in [3.63, 3.8) is 0 Å². The molecule has 3 heterocycles. The summed E-state index contributed by atoms with van der Waals surface area (Å²) in [5.74, 6) is -0.0783. The van der Waals surface area contributed by atoms with Crippen molar-refractivity contribution < 1.29 is 4.79 Å². The van der Waals surface area contributed by atoms with E-state index in [9.17, 15) is 9.59 Å². The first-order valence-corrected chi connectivity index (χ1v) is 11.0. The van der Waals surface area contributed by atoms with Gasteiger partial charge in [-0.3, -0.25) is 19.5 Å². The molecule has 8 nitrogen and oxygen atoms in total. The number of hydrogen-bond acceptors (Lipinski definition) is 6. The molecule has 1 saturated heterocycles. The number of carbonyl (C=O) groups excluding carboxylic acids is 1. The van der Waals surface area contributed by atoms with Gasteiger partial charge in [0.15, 0.2) is 0 Å². The molecule has 0 saturated carbocycles. The molecule has 3 aromatic rings. The first-order valence-electron chi connectivity index (χ1n) is 11.0. The van der Waals surface area contributed by atoms with E-state index in [0.717, 1.165) is 67.6 Å². The van der Waals surface area contributed by atoms with Crippen molar-refractivity contribution in [3.8, 4) is 0 Å². The lowest BCUT2D eigenvalue weighted by Crippen LogP contribution is -2.49. The minimum atomic E-state index is -0.0783. The van der Waals surface area contributed by atoms with Gasteiger partial charge >= 0.3 is 0 Å². The third-order valence-corrected chi connectivity index (χ3v) is 6.23. The van der Waals surface area contributed by atoms with Crippen LogP contribution in [0, 0.1) is 0 Å². The molecule has 1 aliphatic heterocycles. The Kier molecular flexibility index (Phi) is 5.46. The maximum Gasteiger partial charge on any atom is 0.274 e. The lowest BCUT2D eigenvalue weighted by atomic mass is 9.97. The van der Waals surface area contributed by atoms with E-state index in [2.05, 4.69) is 20.0 Å². The number of piperazine rings is 1. The molecule has 1 aliphatic carbocycles. The number of nitrogens with zero attached hydrogens (tertiary/aromatic N) is 6. The van der Waals surface area contributed by atoms with Gasteiger partial charge in [0.25, 0.3) is 11.5 Å². The van der Waals surface area contributed by atoms with Crippen molar-refractivity contribution in [1.82, 2.24) is 29.5 Å². The Balaban J connectivity index is 1.18. The SMILES string of the molecule is O=C(c1cnc2ccccc2n1)N1CCN(CCn2nc3c(cc2=O)CCCC3)CC1. The first kappa shape index (κ1) is 19.8. The minimum Gasteiger partial charge on any atom is -0.335 e. The van der Waals surface area contributed by atoms with Crippen LogP contribution in [-0.4, -0.2) is 68.2 Å². The summed E-state index contributed by atoms with van der Waals surface area (Å²) in [6.45, 7) is 4.15. The largest absolute Gasteiger partial charge is 0.335 e. The average molecular weight is 419 g/mol. The summed E-state index contributed by atoms with van der Waals surface area (Å²) in [5.41, 5.74) is 4.10.